The van der Waals surface area contributed by atoms with Crippen molar-refractivity contribution >= 4 is 12.1 Å². The van der Waals surface area contributed by atoms with Gasteiger partial charge in [-0.3, -0.25) is 5.32 Å². The lowest BCUT2D eigenvalue weighted by Gasteiger charge is -2.11. The Morgan fingerprint density at radius 2 is 2.14 bits per heavy atom. The number of alkyl carbamates (subject to hydrolysis) is 1. The van der Waals surface area contributed by atoms with Crippen LogP contribution in [0.25, 0.3) is 0 Å². The number of benzene rings is 1. The molecule has 0 radical (unpaired) electrons. The van der Waals surface area contributed by atoms with E-state index in [2.05, 4.69) is 10.1 Å². The normalized spacial score (nSPS) is 17.9. The van der Waals surface area contributed by atoms with Crippen LogP contribution in [0.5, 0.6) is 0 Å². The van der Waals surface area contributed by atoms with E-state index in [4.69, 9.17) is 9.47 Å². The van der Waals surface area contributed by atoms with Crippen molar-refractivity contribution in [3.8, 4) is 0 Å². The molecule has 0 spiro atoms. The van der Waals surface area contributed by atoms with Gasteiger partial charge in [0.05, 0.1) is 13.2 Å². The molecule has 1 fully saturated rings. The highest BCUT2D eigenvalue weighted by Gasteiger charge is 2.20. The molecule has 1 aliphatic rings. The van der Waals surface area contributed by atoms with Crippen molar-refractivity contribution in [2.24, 2.45) is 0 Å². The fourth-order valence-electron chi connectivity index (χ4n) is 2.06. The number of rotatable bonds is 5. The summed E-state index contributed by atoms with van der Waals surface area (Å²) in [6, 6.07) is 9.28. The Hall–Kier alpha value is -2.34. The standard InChI is InChI=1S/C16H19NO5/c1-20-15(18)14(10-13-8-5-9-21-13)17-16(19)22-11-12-6-3-2-4-7-12/h2-4,6-7,10,13H,5,8-9,11H2,1H3,(H,17,19). The van der Waals surface area contributed by atoms with Gasteiger partial charge in [0.2, 0.25) is 0 Å². The Labute approximate surface area is 129 Å². The maximum absolute atomic E-state index is 11.8. The zero-order valence-corrected chi connectivity index (χ0v) is 12.4. The van der Waals surface area contributed by atoms with Gasteiger partial charge in [-0.1, -0.05) is 30.3 Å². The molecule has 1 atom stereocenters. The third-order valence-electron chi connectivity index (χ3n) is 3.17. The molecule has 1 N–H and O–H groups in total. The number of carbonyl (C=O) groups is 2. The number of carbonyl (C=O) groups excluding carboxylic acids is 2. The number of esters is 1. The van der Waals surface area contributed by atoms with Crippen molar-refractivity contribution in [2.75, 3.05) is 13.7 Å². The summed E-state index contributed by atoms with van der Waals surface area (Å²) in [5, 5.41) is 2.41. The summed E-state index contributed by atoms with van der Waals surface area (Å²) >= 11 is 0. The molecule has 2 rings (SSSR count). The van der Waals surface area contributed by atoms with E-state index in [1.807, 2.05) is 30.3 Å². The predicted octanol–water partition coefficient (Wildman–Crippen LogP) is 2.15. The minimum absolute atomic E-state index is 0.0347. The lowest BCUT2D eigenvalue weighted by molar-refractivity contribution is -0.136. The van der Waals surface area contributed by atoms with Gasteiger partial charge in [0.25, 0.3) is 0 Å². The Balaban J connectivity index is 1.91. The number of amides is 1. The Morgan fingerprint density at radius 1 is 1.36 bits per heavy atom. The second-order valence-corrected chi connectivity index (χ2v) is 4.81. The van der Waals surface area contributed by atoms with Crippen LogP contribution in [0.3, 0.4) is 0 Å². The van der Waals surface area contributed by atoms with Crippen molar-refractivity contribution < 1.29 is 23.8 Å². The Kier molecular flexibility index (Phi) is 5.97. The number of nitrogens with one attached hydrogen (secondary N) is 1. The van der Waals surface area contributed by atoms with E-state index < -0.39 is 12.1 Å². The first-order chi connectivity index (χ1) is 10.7. The predicted molar refractivity (Wildman–Crippen MR) is 78.8 cm³/mol. The number of methoxy groups -OCH3 is 1. The fourth-order valence-corrected chi connectivity index (χ4v) is 2.06. The molecule has 118 valence electrons. The van der Waals surface area contributed by atoms with Gasteiger partial charge in [-0.05, 0) is 24.5 Å². The first kappa shape index (κ1) is 16.0. The quantitative estimate of drug-likeness (QED) is 0.666. The number of hydrogen-bond donors (Lipinski definition) is 1. The molecule has 1 amide bonds. The largest absolute Gasteiger partial charge is 0.464 e. The molecule has 6 heteroatoms. The first-order valence-corrected chi connectivity index (χ1v) is 7.08. The highest BCUT2D eigenvalue weighted by molar-refractivity contribution is 5.92. The highest BCUT2D eigenvalue weighted by Crippen LogP contribution is 2.14. The van der Waals surface area contributed by atoms with Crippen LogP contribution in [0.15, 0.2) is 42.1 Å². The van der Waals surface area contributed by atoms with E-state index in [0.29, 0.717) is 6.61 Å². The summed E-state index contributed by atoms with van der Waals surface area (Å²) in [5.74, 6) is -0.632. The number of ether oxygens (including phenoxy) is 3. The lowest BCUT2D eigenvalue weighted by Crippen LogP contribution is -2.29. The highest BCUT2D eigenvalue weighted by atomic mass is 16.6. The summed E-state index contributed by atoms with van der Waals surface area (Å²) < 4.78 is 15.1. The summed E-state index contributed by atoms with van der Waals surface area (Å²) in [5.41, 5.74) is 0.896. The third kappa shape index (κ3) is 4.89. The summed E-state index contributed by atoms with van der Waals surface area (Å²) in [6.07, 6.45) is 2.39. The maximum atomic E-state index is 11.8. The molecule has 1 heterocycles. The number of hydrogen-bond acceptors (Lipinski definition) is 5. The monoisotopic (exact) mass is 305 g/mol. The van der Waals surface area contributed by atoms with E-state index in [1.54, 1.807) is 6.08 Å². The van der Waals surface area contributed by atoms with Crippen LogP contribution in [0.4, 0.5) is 4.79 Å². The van der Waals surface area contributed by atoms with E-state index in [-0.39, 0.29) is 18.4 Å². The maximum Gasteiger partial charge on any atom is 0.412 e. The SMILES string of the molecule is COC(=O)C(=CC1CCCO1)NC(=O)OCc1ccccc1. The van der Waals surface area contributed by atoms with E-state index in [9.17, 15) is 9.59 Å². The molecule has 0 aliphatic carbocycles. The Bertz CT molecular complexity index is 535. The minimum Gasteiger partial charge on any atom is -0.464 e. The third-order valence-corrected chi connectivity index (χ3v) is 3.17. The van der Waals surface area contributed by atoms with Crippen molar-refractivity contribution in [2.45, 2.75) is 25.6 Å². The average Bonchev–Trinajstić information content (AvgIpc) is 3.05. The lowest BCUT2D eigenvalue weighted by atomic mass is 10.2. The first-order valence-electron chi connectivity index (χ1n) is 7.08. The van der Waals surface area contributed by atoms with Gasteiger partial charge in [-0.15, -0.1) is 0 Å². The second kappa shape index (κ2) is 8.19. The van der Waals surface area contributed by atoms with Crippen LogP contribution in [-0.2, 0) is 25.6 Å². The molecule has 1 aliphatic heterocycles. The Morgan fingerprint density at radius 3 is 2.77 bits per heavy atom. The zero-order valence-electron chi connectivity index (χ0n) is 12.4. The van der Waals surface area contributed by atoms with Gasteiger partial charge in [-0.25, -0.2) is 9.59 Å². The molecule has 0 bridgehead atoms. The fraction of sp³-hybridized carbons (Fsp3) is 0.375. The van der Waals surface area contributed by atoms with E-state index in [0.717, 1.165) is 18.4 Å². The van der Waals surface area contributed by atoms with E-state index in [1.165, 1.54) is 7.11 Å². The molecule has 22 heavy (non-hydrogen) atoms. The van der Waals surface area contributed by atoms with Crippen LogP contribution in [0, 0.1) is 0 Å². The van der Waals surface area contributed by atoms with Crippen LogP contribution >= 0.6 is 0 Å². The smallest absolute Gasteiger partial charge is 0.412 e. The zero-order chi connectivity index (χ0) is 15.8. The van der Waals surface area contributed by atoms with Crippen LogP contribution in [0.1, 0.15) is 18.4 Å². The van der Waals surface area contributed by atoms with Gasteiger partial charge >= 0.3 is 12.1 Å². The topological polar surface area (TPSA) is 73.9 Å². The average molecular weight is 305 g/mol. The molecule has 1 unspecified atom stereocenters. The van der Waals surface area contributed by atoms with Gasteiger partial charge in [0.15, 0.2) is 0 Å². The molecular weight excluding hydrogens is 286 g/mol. The molecule has 1 saturated heterocycles. The molecule has 1 aromatic carbocycles. The molecule has 0 saturated carbocycles. The van der Waals surface area contributed by atoms with Crippen LogP contribution in [0.2, 0.25) is 0 Å². The summed E-state index contributed by atoms with van der Waals surface area (Å²) in [7, 11) is 1.25. The summed E-state index contributed by atoms with van der Waals surface area (Å²) in [6.45, 7) is 0.773. The van der Waals surface area contributed by atoms with Crippen molar-refractivity contribution in [3.63, 3.8) is 0 Å². The molecule has 0 aromatic heterocycles. The van der Waals surface area contributed by atoms with E-state index >= 15 is 0 Å². The van der Waals surface area contributed by atoms with Crippen molar-refractivity contribution in [1.82, 2.24) is 5.32 Å². The van der Waals surface area contributed by atoms with Crippen molar-refractivity contribution in [3.05, 3.63) is 47.7 Å². The summed E-state index contributed by atoms with van der Waals surface area (Å²) in [4.78, 5) is 23.5. The molecular formula is C16H19NO5. The van der Waals surface area contributed by atoms with Crippen LogP contribution in [-0.4, -0.2) is 31.9 Å². The van der Waals surface area contributed by atoms with Gasteiger partial charge in [-0.2, -0.15) is 0 Å². The molecule has 6 nitrogen and oxygen atoms in total. The second-order valence-electron chi connectivity index (χ2n) is 4.81. The van der Waals surface area contributed by atoms with Crippen molar-refractivity contribution in [1.29, 1.82) is 0 Å². The molecule has 1 aromatic rings. The van der Waals surface area contributed by atoms with Gasteiger partial charge < -0.3 is 14.2 Å². The van der Waals surface area contributed by atoms with Crippen LogP contribution < -0.4 is 5.32 Å². The van der Waals surface area contributed by atoms with Gasteiger partial charge in [0, 0.05) is 6.61 Å². The minimum atomic E-state index is -0.710. The van der Waals surface area contributed by atoms with Gasteiger partial charge in [0.1, 0.15) is 12.3 Å².